The Morgan fingerprint density at radius 2 is 1.75 bits per heavy atom. The minimum atomic E-state index is -3.96. The van der Waals surface area contributed by atoms with E-state index in [1.54, 1.807) is 12.1 Å². The van der Waals surface area contributed by atoms with Crippen molar-refractivity contribution >= 4 is 21.4 Å². The van der Waals surface area contributed by atoms with Gasteiger partial charge in [-0.05, 0) is 37.3 Å². The number of carbonyl (C=O) groups is 1. The summed E-state index contributed by atoms with van der Waals surface area (Å²) in [6.45, 7) is 1.26. The van der Waals surface area contributed by atoms with Gasteiger partial charge in [-0.2, -0.15) is 5.10 Å². The summed E-state index contributed by atoms with van der Waals surface area (Å²) in [7, 11) is -3.96. The second-order valence-electron chi connectivity index (χ2n) is 6.01. The number of halogens is 1. The first-order valence-electron chi connectivity index (χ1n) is 8.22. The van der Waals surface area contributed by atoms with E-state index < -0.39 is 33.7 Å². The lowest BCUT2D eigenvalue weighted by Crippen LogP contribution is -2.30. The summed E-state index contributed by atoms with van der Waals surface area (Å²) in [4.78, 5) is 24.1. The minimum absolute atomic E-state index is 0.0200. The van der Waals surface area contributed by atoms with Gasteiger partial charge in [-0.25, -0.2) is 17.5 Å². The van der Waals surface area contributed by atoms with Crippen molar-refractivity contribution in [2.24, 2.45) is 0 Å². The molecule has 0 saturated heterocycles. The SMILES string of the molecule is Cc1ccc(S(=O)(=O)c2ccc(=O)n(CC(=O)Nc3ccccc3F)n2)cc1. The maximum absolute atomic E-state index is 13.6. The number of carbonyl (C=O) groups excluding carboxylic acids is 1. The fourth-order valence-corrected chi connectivity index (χ4v) is 3.60. The van der Waals surface area contributed by atoms with Crippen LogP contribution in [0, 0.1) is 12.7 Å². The molecule has 0 unspecified atom stereocenters. The number of rotatable bonds is 5. The van der Waals surface area contributed by atoms with E-state index in [0.717, 1.165) is 22.4 Å². The van der Waals surface area contributed by atoms with Crippen molar-refractivity contribution < 1.29 is 17.6 Å². The van der Waals surface area contributed by atoms with E-state index >= 15 is 0 Å². The Balaban J connectivity index is 1.87. The van der Waals surface area contributed by atoms with Gasteiger partial charge >= 0.3 is 0 Å². The van der Waals surface area contributed by atoms with Crippen LogP contribution in [0.3, 0.4) is 0 Å². The van der Waals surface area contributed by atoms with Gasteiger partial charge in [0.15, 0.2) is 5.03 Å². The number of anilines is 1. The molecule has 1 aromatic heterocycles. The summed E-state index contributed by atoms with van der Waals surface area (Å²) in [6.07, 6.45) is 0. The number of para-hydroxylation sites is 1. The second-order valence-corrected chi connectivity index (χ2v) is 7.91. The zero-order chi connectivity index (χ0) is 20.3. The fourth-order valence-electron chi connectivity index (χ4n) is 2.41. The molecular formula is C19H16FN3O4S. The monoisotopic (exact) mass is 401 g/mol. The van der Waals surface area contributed by atoms with Crippen LogP contribution in [0.25, 0.3) is 0 Å². The highest BCUT2D eigenvalue weighted by Gasteiger charge is 2.21. The molecule has 0 fully saturated rings. The second kappa shape index (κ2) is 7.73. The molecule has 144 valence electrons. The van der Waals surface area contributed by atoms with Gasteiger partial charge in [-0.1, -0.05) is 29.8 Å². The molecule has 9 heteroatoms. The number of benzene rings is 2. The first-order valence-corrected chi connectivity index (χ1v) is 9.70. The van der Waals surface area contributed by atoms with Crippen molar-refractivity contribution in [3.63, 3.8) is 0 Å². The smallest absolute Gasteiger partial charge is 0.267 e. The zero-order valence-corrected chi connectivity index (χ0v) is 15.6. The lowest BCUT2D eigenvalue weighted by Gasteiger charge is -2.09. The van der Waals surface area contributed by atoms with E-state index in [0.29, 0.717) is 0 Å². The molecule has 7 nitrogen and oxygen atoms in total. The Labute approximate surface area is 160 Å². The number of amides is 1. The summed E-state index contributed by atoms with van der Waals surface area (Å²) in [5, 5.41) is 5.76. The minimum Gasteiger partial charge on any atom is -0.322 e. The normalized spacial score (nSPS) is 11.2. The van der Waals surface area contributed by atoms with Gasteiger partial charge in [0.05, 0.1) is 10.6 Å². The highest BCUT2D eigenvalue weighted by Crippen LogP contribution is 2.18. The summed E-state index contributed by atoms with van der Waals surface area (Å²) >= 11 is 0. The molecule has 0 radical (unpaired) electrons. The third kappa shape index (κ3) is 4.15. The average molecular weight is 401 g/mol. The van der Waals surface area contributed by atoms with Gasteiger partial charge < -0.3 is 5.32 Å². The number of sulfone groups is 1. The number of hydrogen-bond donors (Lipinski definition) is 1. The third-order valence-electron chi connectivity index (χ3n) is 3.89. The standard InChI is InChI=1S/C19H16FN3O4S/c1-13-6-8-14(9-7-13)28(26,27)18-10-11-19(25)23(22-18)12-17(24)21-16-5-3-2-4-15(16)20/h2-11H,12H2,1H3,(H,21,24). The number of nitrogens with one attached hydrogen (secondary N) is 1. The first-order chi connectivity index (χ1) is 13.3. The molecule has 3 aromatic rings. The highest BCUT2D eigenvalue weighted by atomic mass is 32.2. The largest absolute Gasteiger partial charge is 0.322 e. The van der Waals surface area contributed by atoms with E-state index in [1.165, 1.54) is 36.4 Å². The van der Waals surface area contributed by atoms with Gasteiger partial charge in [0.25, 0.3) is 5.56 Å². The molecule has 1 heterocycles. The first kappa shape index (κ1) is 19.4. The zero-order valence-electron chi connectivity index (χ0n) is 14.8. The van der Waals surface area contributed by atoms with Crippen LogP contribution in [-0.2, 0) is 21.2 Å². The summed E-state index contributed by atoms with van der Waals surface area (Å²) in [5.41, 5.74) is 0.178. The topological polar surface area (TPSA) is 98.1 Å². The van der Waals surface area contributed by atoms with Crippen LogP contribution >= 0.6 is 0 Å². The molecular weight excluding hydrogens is 385 g/mol. The maximum atomic E-state index is 13.6. The Bertz CT molecular complexity index is 1190. The summed E-state index contributed by atoms with van der Waals surface area (Å²) in [5.74, 6) is -1.35. The Hall–Kier alpha value is -3.33. The van der Waals surface area contributed by atoms with Crippen LogP contribution in [0.5, 0.6) is 0 Å². The third-order valence-corrected chi connectivity index (χ3v) is 5.55. The quantitative estimate of drug-likeness (QED) is 0.707. The molecule has 0 aliphatic rings. The maximum Gasteiger partial charge on any atom is 0.267 e. The average Bonchev–Trinajstić information content (AvgIpc) is 2.65. The summed E-state index contributed by atoms with van der Waals surface area (Å²) < 4.78 is 39.7. The molecule has 28 heavy (non-hydrogen) atoms. The summed E-state index contributed by atoms with van der Waals surface area (Å²) in [6, 6.07) is 13.8. The van der Waals surface area contributed by atoms with Crippen LogP contribution in [0.15, 0.2) is 75.4 Å². The number of aromatic nitrogens is 2. The molecule has 0 aliphatic carbocycles. The van der Waals surface area contributed by atoms with Crippen molar-refractivity contribution in [3.8, 4) is 0 Å². The fraction of sp³-hybridized carbons (Fsp3) is 0.105. The van der Waals surface area contributed by atoms with Crippen molar-refractivity contribution in [3.05, 3.63) is 82.4 Å². The van der Waals surface area contributed by atoms with Crippen molar-refractivity contribution in [2.45, 2.75) is 23.4 Å². The number of aryl methyl sites for hydroxylation is 1. The number of nitrogens with zero attached hydrogens (tertiary/aromatic N) is 2. The van der Waals surface area contributed by atoms with Crippen LogP contribution in [0.4, 0.5) is 10.1 Å². The molecule has 0 saturated carbocycles. The van der Waals surface area contributed by atoms with Gasteiger partial charge in [0.1, 0.15) is 12.4 Å². The van der Waals surface area contributed by atoms with E-state index in [4.69, 9.17) is 0 Å². The van der Waals surface area contributed by atoms with Gasteiger partial charge in [-0.3, -0.25) is 9.59 Å². The van der Waals surface area contributed by atoms with Gasteiger partial charge in [0, 0.05) is 6.07 Å². The predicted molar refractivity (Wildman–Crippen MR) is 100 cm³/mol. The molecule has 0 aliphatic heterocycles. The van der Waals surface area contributed by atoms with Crippen LogP contribution < -0.4 is 10.9 Å². The highest BCUT2D eigenvalue weighted by molar-refractivity contribution is 7.91. The van der Waals surface area contributed by atoms with E-state index in [2.05, 4.69) is 10.4 Å². The number of hydrogen-bond acceptors (Lipinski definition) is 5. The molecule has 2 aromatic carbocycles. The van der Waals surface area contributed by atoms with Crippen molar-refractivity contribution in [1.29, 1.82) is 0 Å². The van der Waals surface area contributed by atoms with E-state index in [1.807, 2.05) is 6.92 Å². The molecule has 0 spiro atoms. The Kier molecular flexibility index (Phi) is 5.36. The lowest BCUT2D eigenvalue weighted by molar-refractivity contribution is -0.117. The van der Waals surface area contributed by atoms with Crippen molar-refractivity contribution in [2.75, 3.05) is 5.32 Å². The van der Waals surface area contributed by atoms with Gasteiger partial charge in [0.2, 0.25) is 15.7 Å². The van der Waals surface area contributed by atoms with Gasteiger partial charge in [-0.15, -0.1) is 0 Å². The van der Waals surface area contributed by atoms with Crippen LogP contribution in [0.1, 0.15) is 5.56 Å². The van der Waals surface area contributed by atoms with E-state index in [-0.39, 0.29) is 15.6 Å². The lowest BCUT2D eigenvalue weighted by atomic mass is 10.2. The molecule has 1 N–H and O–H groups in total. The Morgan fingerprint density at radius 3 is 2.43 bits per heavy atom. The van der Waals surface area contributed by atoms with E-state index in [9.17, 15) is 22.4 Å². The molecule has 0 bridgehead atoms. The molecule has 1 amide bonds. The van der Waals surface area contributed by atoms with Crippen molar-refractivity contribution in [1.82, 2.24) is 9.78 Å². The molecule has 3 rings (SSSR count). The predicted octanol–water partition coefficient (Wildman–Crippen LogP) is 2.16. The van der Waals surface area contributed by atoms with Crippen LogP contribution in [-0.4, -0.2) is 24.1 Å². The Morgan fingerprint density at radius 1 is 1.07 bits per heavy atom. The molecule has 0 atom stereocenters. The van der Waals surface area contributed by atoms with Crippen LogP contribution in [0.2, 0.25) is 0 Å².